The molecule has 0 bridgehead atoms. The van der Waals surface area contributed by atoms with E-state index in [9.17, 15) is 0 Å². The highest BCUT2D eigenvalue weighted by molar-refractivity contribution is 4.96. The Morgan fingerprint density at radius 3 is 0.798 bits per heavy atom. The van der Waals surface area contributed by atoms with Crippen LogP contribution in [0.15, 0.2) is 122 Å². The van der Waals surface area contributed by atoms with Gasteiger partial charge in [0.1, 0.15) is 0 Å². The number of hydrogen-bond donors (Lipinski definition) is 0. The third-order valence-electron chi connectivity index (χ3n) is 20.7. The van der Waals surface area contributed by atoms with Gasteiger partial charge in [-0.2, -0.15) is 0 Å². The number of hydrogen-bond acceptors (Lipinski definition) is 4. The lowest BCUT2D eigenvalue weighted by Crippen LogP contribution is -2.61. The molecule has 0 amide bonds. The Labute approximate surface area is 622 Å². The Hall–Kier alpha value is -2.76. The van der Waals surface area contributed by atoms with Crippen LogP contribution in [0.4, 0.5) is 0 Å². The van der Waals surface area contributed by atoms with Gasteiger partial charge in [-0.1, -0.05) is 342 Å². The molecule has 0 aromatic rings. The van der Waals surface area contributed by atoms with Crippen LogP contribution in [-0.4, -0.2) is 91.2 Å². The second-order valence-electron chi connectivity index (χ2n) is 30.3. The average molecular weight is 1370 g/mol. The molecule has 4 nitrogen and oxygen atoms in total. The summed E-state index contributed by atoms with van der Waals surface area (Å²) in [6.07, 6.45) is 127. The van der Waals surface area contributed by atoms with Crippen molar-refractivity contribution in [2.75, 3.05) is 65.4 Å². The van der Waals surface area contributed by atoms with E-state index in [2.05, 4.69) is 176 Å². The van der Waals surface area contributed by atoms with Crippen molar-refractivity contribution in [2.24, 2.45) is 0 Å². The van der Waals surface area contributed by atoms with Crippen LogP contribution in [-0.2, 0) is 0 Å². The van der Waals surface area contributed by atoms with Crippen LogP contribution in [0.5, 0.6) is 0 Å². The van der Waals surface area contributed by atoms with E-state index >= 15 is 0 Å². The van der Waals surface area contributed by atoms with Crippen molar-refractivity contribution in [3.8, 4) is 0 Å². The van der Waals surface area contributed by atoms with Crippen molar-refractivity contribution in [1.29, 1.82) is 0 Å². The smallest absolute Gasteiger partial charge is 0.0754 e. The Balaban J connectivity index is 3.10. The lowest BCUT2D eigenvalue weighted by atomic mass is 10.1. The van der Waals surface area contributed by atoms with E-state index in [0.717, 1.165) is 25.7 Å². The summed E-state index contributed by atoms with van der Waals surface area (Å²) in [6.45, 7) is 24.1. The lowest BCUT2D eigenvalue weighted by Gasteiger charge is -2.47. The molecule has 1 saturated heterocycles. The largest absolute Gasteiger partial charge is 0.302 e. The molecule has 1 rings (SSSR count). The zero-order valence-electron chi connectivity index (χ0n) is 67.7. The fourth-order valence-corrected chi connectivity index (χ4v) is 14.0. The molecule has 1 atom stereocenters. The van der Waals surface area contributed by atoms with E-state index in [0.29, 0.717) is 6.17 Å². The van der Waals surface area contributed by atoms with Gasteiger partial charge in [-0.05, 0) is 225 Å². The SMILES string of the molecule is CCCC/C=C\CC/C=C\CCCCCCCCN(CCCCCCCC/C=C\C/C=C\CCCCC)CCN1CCN(CCCCCCC/C=C\C/C=C\CCCCC)C(N(CCCCCCCC/C=C\C/C=C\CCCCC)CCCCCCCC/C=C\C/C=C\CCCCC)C1. The maximum Gasteiger partial charge on any atom is 0.0754 e. The van der Waals surface area contributed by atoms with Gasteiger partial charge in [-0.25, -0.2) is 0 Å². The van der Waals surface area contributed by atoms with E-state index in [-0.39, 0.29) is 0 Å². The molecule has 0 aromatic heterocycles. The van der Waals surface area contributed by atoms with Crippen LogP contribution in [0, 0.1) is 0 Å². The van der Waals surface area contributed by atoms with Gasteiger partial charge in [0.15, 0.2) is 0 Å². The maximum atomic E-state index is 3.05. The highest BCUT2D eigenvalue weighted by Gasteiger charge is 2.31. The van der Waals surface area contributed by atoms with Gasteiger partial charge < -0.3 is 4.90 Å². The number of allylic oxidation sites excluding steroid dienone is 20. The minimum absolute atomic E-state index is 0.551. The van der Waals surface area contributed by atoms with E-state index in [1.807, 2.05) is 0 Å². The van der Waals surface area contributed by atoms with Crippen LogP contribution >= 0.6 is 0 Å². The van der Waals surface area contributed by atoms with Crippen molar-refractivity contribution in [3.63, 3.8) is 0 Å². The third-order valence-corrected chi connectivity index (χ3v) is 20.7. The predicted octanol–water partition coefficient (Wildman–Crippen LogP) is 30.2. The zero-order chi connectivity index (χ0) is 70.8. The Bertz CT molecular complexity index is 1830. The van der Waals surface area contributed by atoms with E-state index in [1.165, 1.54) is 419 Å². The first-order valence-corrected chi connectivity index (χ1v) is 44.6. The van der Waals surface area contributed by atoms with Crippen LogP contribution < -0.4 is 0 Å². The summed E-state index contributed by atoms with van der Waals surface area (Å²) in [4.78, 5) is 11.9. The predicted molar refractivity (Wildman–Crippen MR) is 452 cm³/mol. The maximum absolute atomic E-state index is 3.05. The Kier molecular flexibility index (Phi) is 78.6. The first-order chi connectivity index (χ1) is 49.2. The molecule has 1 aliphatic heterocycles. The number of unbranched alkanes of at least 4 members (excludes halogenated alkanes) is 44. The van der Waals surface area contributed by atoms with Crippen LogP contribution in [0.1, 0.15) is 413 Å². The van der Waals surface area contributed by atoms with Crippen molar-refractivity contribution < 1.29 is 0 Å². The molecule has 99 heavy (non-hydrogen) atoms. The molecule has 1 fully saturated rings. The van der Waals surface area contributed by atoms with Gasteiger partial charge in [0.05, 0.1) is 6.17 Å². The molecule has 0 spiro atoms. The lowest BCUT2D eigenvalue weighted by molar-refractivity contribution is -0.0267. The quantitative estimate of drug-likeness (QED) is 0.0444. The van der Waals surface area contributed by atoms with Gasteiger partial charge in [-0.15, -0.1) is 0 Å². The fourth-order valence-electron chi connectivity index (χ4n) is 14.0. The molecule has 1 aliphatic rings. The normalized spacial score (nSPS) is 14.8. The monoisotopic (exact) mass is 1370 g/mol. The van der Waals surface area contributed by atoms with Crippen LogP contribution in [0.2, 0.25) is 0 Å². The highest BCUT2D eigenvalue weighted by atomic mass is 15.4. The second-order valence-corrected chi connectivity index (χ2v) is 30.3. The van der Waals surface area contributed by atoms with E-state index < -0.39 is 0 Å². The molecular weight excluding hydrogens is 1200 g/mol. The summed E-state index contributed by atoms with van der Waals surface area (Å²) in [5.74, 6) is 0. The number of piperazine rings is 1. The van der Waals surface area contributed by atoms with Crippen molar-refractivity contribution in [3.05, 3.63) is 122 Å². The van der Waals surface area contributed by atoms with Crippen LogP contribution in [0.25, 0.3) is 0 Å². The highest BCUT2D eigenvalue weighted by Crippen LogP contribution is 2.22. The molecule has 574 valence electrons. The molecule has 1 unspecified atom stereocenters. The van der Waals surface area contributed by atoms with Gasteiger partial charge in [0.2, 0.25) is 0 Å². The number of nitrogens with zero attached hydrogens (tertiary/aromatic N) is 4. The molecule has 0 saturated carbocycles. The van der Waals surface area contributed by atoms with E-state index in [4.69, 9.17) is 0 Å². The molecule has 0 aliphatic carbocycles. The van der Waals surface area contributed by atoms with Crippen molar-refractivity contribution in [2.45, 2.75) is 420 Å². The molecule has 4 heteroatoms. The summed E-state index contributed by atoms with van der Waals surface area (Å²) < 4.78 is 0. The summed E-state index contributed by atoms with van der Waals surface area (Å²) >= 11 is 0. The average Bonchev–Trinajstić information content (AvgIpc) is 0.891. The summed E-state index contributed by atoms with van der Waals surface area (Å²) in [6, 6.07) is 0. The van der Waals surface area contributed by atoms with Gasteiger partial charge in [0.25, 0.3) is 0 Å². The Morgan fingerprint density at radius 2 is 0.475 bits per heavy atom. The fraction of sp³-hybridized carbons (Fsp3) is 0.789. The number of rotatable bonds is 78. The standard InChI is InChI=1S/C95H174N4/c1-6-11-16-21-26-31-36-41-46-51-55-60-65-70-75-80-85-96(86-81-76-71-66-61-56-52-47-42-37-32-27-22-17-12-7-2)90-91-97-92-93-99(89-84-79-74-69-64-57-50-45-40-35-30-25-20-15-10-5)95(94-97)98(87-82-77-72-67-62-58-53-48-43-38-33-28-23-18-13-8-3)88-83-78-73-68-63-59-54-49-44-39-34-29-24-19-14-9-4/h21,26-30,32-35,41-50,95H,6-20,22-25,31,36-40,51-94H2,1-5H3/b26-21-,32-27-,33-28-,34-29-,35-30-,46-41-,47-42-,48-43-,49-44-,50-45-. The summed E-state index contributed by atoms with van der Waals surface area (Å²) in [5.41, 5.74) is 0. The van der Waals surface area contributed by atoms with Gasteiger partial charge >= 0.3 is 0 Å². The zero-order valence-corrected chi connectivity index (χ0v) is 67.7. The first kappa shape index (κ1) is 94.3. The van der Waals surface area contributed by atoms with Crippen LogP contribution in [0.3, 0.4) is 0 Å². The van der Waals surface area contributed by atoms with Crippen molar-refractivity contribution >= 4 is 0 Å². The van der Waals surface area contributed by atoms with Crippen molar-refractivity contribution in [1.82, 2.24) is 19.6 Å². The molecule has 0 radical (unpaired) electrons. The molecule has 0 aromatic carbocycles. The molecule has 1 heterocycles. The van der Waals surface area contributed by atoms with Gasteiger partial charge in [0, 0.05) is 32.7 Å². The van der Waals surface area contributed by atoms with E-state index in [1.54, 1.807) is 0 Å². The molecule has 0 N–H and O–H groups in total. The summed E-state index contributed by atoms with van der Waals surface area (Å²) in [5, 5.41) is 0. The molecular formula is C95H174N4. The Morgan fingerprint density at radius 1 is 0.222 bits per heavy atom. The topological polar surface area (TPSA) is 13.0 Å². The minimum Gasteiger partial charge on any atom is -0.302 e. The third kappa shape index (κ3) is 70.7. The van der Waals surface area contributed by atoms with Gasteiger partial charge in [-0.3, -0.25) is 14.7 Å². The first-order valence-electron chi connectivity index (χ1n) is 44.6. The summed E-state index contributed by atoms with van der Waals surface area (Å²) in [7, 11) is 0. The second kappa shape index (κ2) is 82.5. The minimum atomic E-state index is 0.551.